The molecule has 0 atom stereocenters. The molecule has 1 aliphatic rings. The highest BCUT2D eigenvalue weighted by molar-refractivity contribution is 6.76. The van der Waals surface area contributed by atoms with Crippen LogP contribution in [0.5, 0.6) is 0 Å². The Bertz CT molecular complexity index is 1270. The summed E-state index contributed by atoms with van der Waals surface area (Å²) in [6.07, 6.45) is -0.559. The van der Waals surface area contributed by atoms with E-state index < -0.39 is 23.4 Å². The van der Waals surface area contributed by atoms with Crippen molar-refractivity contribution in [1.29, 1.82) is 0 Å². The van der Waals surface area contributed by atoms with Crippen LogP contribution in [0.4, 0.5) is 17.1 Å². The van der Waals surface area contributed by atoms with Crippen molar-refractivity contribution in [3.05, 3.63) is 50.4 Å². The third kappa shape index (κ3) is 5.10. The molecule has 34 heavy (non-hydrogen) atoms. The number of nitrogens with one attached hydrogen (secondary N) is 1. The topological polar surface area (TPSA) is 133 Å². The Labute approximate surface area is 211 Å². The number of nitrogens with zero attached hydrogens (tertiary/aromatic N) is 3. The van der Waals surface area contributed by atoms with E-state index in [1.54, 1.807) is 0 Å². The van der Waals surface area contributed by atoms with E-state index in [1.807, 2.05) is 0 Å². The van der Waals surface area contributed by atoms with Crippen molar-refractivity contribution in [2.45, 2.75) is 6.42 Å². The first-order valence-corrected chi connectivity index (χ1v) is 10.5. The summed E-state index contributed by atoms with van der Waals surface area (Å²) in [5.74, 6) is -5.19. The molecule has 1 aliphatic heterocycles. The lowest BCUT2D eigenvalue weighted by Gasteiger charge is -2.19. The molecule has 1 N–H and O–H groups in total. The van der Waals surface area contributed by atoms with E-state index in [0.717, 1.165) is 11.1 Å². The van der Waals surface area contributed by atoms with Gasteiger partial charge in [-0.05, 0) is 30.3 Å². The van der Waals surface area contributed by atoms with Gasteiger partial charge in [0.05, 0.1) is 32.9 Å². The predicted molar refractivity (Wildman–Crippen MR) is 125 cm³/mol. The molecule has 1 saturated heterocycles. The van der Waals surface area contributed by atoms with Crippen molar-refractivity contribution >= 4 is 105 Å². The molecule has 0 aromatic heterocycles. The van der Waals surface area contributed by atoms with Gasteiger partial charge in [-0.15, -0.1) is 0 Å². The maximum Gasteiger partial charge on any atom is 0.309 e. The second kappa shape index (κ2) is 10.3. The first-order chi connectivity index (χ1) is 16.1. The Morgan fingerprint density at radius 2 is 1.65 bits per heavy atom. The van der Waals surface area contributed by atoms with Gasteiger partial charge in [0.1, 0.15) is 11.5 Å². The average Bonchev–Trinajstić information content (AvgIpc) is 3.13. The number of amides is 3. The number of carbonyl (C=O) groups is 6. The smallest absolute Gasteiger partial charge is 0.294 e. The van der Waals surface area contributed by atoms with Gasteiger partial charge in [0.2, 0.25) is 6.41 Å². The van der Waals surface area contributed by atoms with E-state index in [0.29, 0.717) is 4.90 Å². The molecule has 0 unspecified atom stereocenters. The molecule has 10 nitrogen and oxygen atoms in total. The van der Waals surface area contributed by atoms with Crippen molar-refractivity contribution in [3.63, 3.8) is 0 Å². The van der Waals surface area contributed by atoms with Gasteiger partial charge in [-0.2, -0.15) is 0 Å². The predicted octanol–water partition coefficient (Wildman–Crippen LogP) is 3.10. The van der Waals surface area contributed by atoms with E-state index in [-0.39, 0.29) is 62.1 Å². The van der Waals surface area contributed by atoms with Gasteiger partial charge < -0.3 is 0 Å². The highest BCUT2D eigenvalue weighted by Gasteiger charge is 2.31. The number of anilines is 2. The molecule has 0 radical (unpaired) electrons. The first-order valence-electron chi connectivity index (χ1n) is 9.01. The van der Waals surface area contributed by atoms with Crippen LogP contribution in [-0.4, -0.2) is 41.9 Å². The molecular weight excluding hydrogens is 534 g/mol. The molecular formula is C20H10Cl4N4O6. The van der Waals surface area contributed by atoms with Gasteiger partial charge in [-0.3, -0.25) is 34.2 Å². The molecule has 0 aliphatic carbocycles. The minimum Gasteiger partial charge on any atom is -0.294 e. The Morgan fingerprint density at radius 1 is 1.00 bits per heavy atom. The number of aliphatic imine (C=N–C) groups is 1. The number of rotatable bonds is 7. The summed E-state index contributed by atoms with van der Waals surface area (Å²) in [4.78, 5) is 74.0. The highest BCUT2D eigenvalue weighted by atomic mass is 35.5. The number of amidine groups is 1. The Hall–Kier alpha value is -3.31. The average molecular weight is 544 g/mol. The van der Waals surface area contributed by atoms with Crippen LogP contribution in [0.3, 0.4) is 0 Å². The lowest BCUT2D eigenvalue weighted by molar-refractivity contribution is -0.146. The summed E-state index contributed by atoms with van der Waals surface area (Å²) in [6, 6.07) is 6.45. The quantitative estimate of drug-likeness (QED) is 0.322. The van der Waals surface area contributed by atoms with Gasteiger partial charge in [0.15, 0.2) is 6.29 Å². The molecule has 0 spiro atoms. The molecule has 0 bridgehead atoms. The zero-order valence-electron chi connectivity index (χ0n) is 16.6. The first kappa shape index (κ1) is 25.3. The number of hydrogen-bond donors (Lipinski definition) is 1. The van der Waals surface area contributed by atoms with Crippen molar-refractivity contribution in [1.82, 2.24) is 5.43 Å². The Balaban J connectivity index is 1.93. The van der Waals surface area contributed by atoms with E-state index in [4.69, 9.17) is 46.4 Å². The number of aldehydes is 1. The molecule has 2 aromatic carbocycles. The third-order valence-corrected chi connectivity index (χ3v) is 5.44. The second-order valence-corrected chi connectivity index (χ2v) is 8.18. The normalized spacial score (nSPS) is 14.1. The number of halogens is 4. The van der Waals surface area contributed by atoms with Crippen LogP contribution >= 0.6 is 46.4 Å². The molecule has 2 aromatic rings. The van der Waals surface area contributed by atoms with Gasteiger partial charge >= 0.3 is 5.91 Å². The van der Waals surface area contributed by atoms with Crippen molar-refractivity contribution in [3.8, 4) is 0 Å². The minimum atomic E-state index is -1.69. The number of hydrogen-bond acceptors (Lipinski definition) is 7. The summed E-state index contributed by atoms with van der Waals surface area (Å²) >= 11 is 24.4. The molecule has 14 heteroatoms. The number of ketones is 2. The number of imide groups is 1. The van der Waals surface area contributed by atoms with Crippen LogP contribution in [0.15, 0.2) is 35.3 Å². The maximum absolute atomic E-state index is 12.5. The van der Waals surface area contributed by atoms with Crippen LogP contribution < -0.4 is 15.3 Å². The monoisotopic (exact) mass is 542 g/mol. The third-order valence-electron chi connectivity index (χ3n) is 4.33. The van der Waals surface area contributed by atoms with Crippen molar-refractivity contribution < 1.29 is 28.8 Å². The van der Waals surface area contributed by atoms with Crippen LogP contribution in [0.2, 0.25) is 20.1 Å². The molecule has 174 valence electrons. The van der Waals surface area contributed by atoms with Crippen molar-refractivity contribution in [2.24, 2.45) is 4.99 Å². The highest BCUT2D eigenvalue weighted by Crippen LogP contribution is 2.37. The van der Waals surface area contributed by atoms with Crippen LogP contribution in [-0.2, 0) is 28.8 Å². The summed E-state index contributed by atoms with van der Waals surface area (Å²) in [5, 5.41) is 1.62. The van der Waals surface area contributed by atoms with Gasteiger partial charge in [0.25, 0.3) is 17.5 Å². The fourth-order valence-electron chi connectivity index (χ4n) is 2.82. The molecule has 3 amide bonds. The Kier molecular flexibility index (Phi) is 7.68. The standard InChI is InChI=1S/C20H10Cl4N4O6/c21-9-3-12(23)18(13(24)4-9)28-17(32)6-16(26-28)25-14-5-10(1-2-11(14)22)27(8-30)20(34)19(33)15(31)7-29/h1-5,7-8H,6H2,(H,25,26). The molecule has 1 heterocycles. The van der Waals surface area contributed by atoms with Gasteiger partial charge in [-0.25, -0.2) is 14.9 Å². The summed E-state index contributed by atoms with van der Waals surface area (Å²) in [7, 11) is 0. The number of benzene rings is 2. The lowest BCUT2D eigenvalue weighted by Crippen LogP contribution is -2.39. The SMILES string of the molecule is O=CC(=O)C(=O)C(=O)N(C=O)c1ccc(Cl)c(N=C2CC(=O)N(c3c(Cl)cc(Cl)cc3Cl)N2)c1. The maximum atomic E-state index is 12.5. The summed E-state index contributed by atoms with van der Waals surface area (Å²) < 4.78 is 0. The number of carbonyl (C=O) groups excluding carboxylic acids is 6. The molecule has 0 saturated carbocycles. The van der Waals surface area contributed by atoms with Crippen LogP contribution in [0.1, 0.15) is 6.42 Å². The van der Waals surface area contributed by atoms with Crippen LogP contribution in [0.25, 0.3) is 0 Å². The van der Waals surface area contributed by atoms with E-state index in [1.165, 1.54) is 24.3 Å². The zero-order chi connectivity index (χ0) is 25.2. The fourth-order valence-corrected chi connectivity index (χ4v) is 3.97. The van der Waals surface area contributed by atoms with Gasteiger partial charge in [-0.1, -0.05) is 46.4 Å². The number of hydrazine groups is 1. The minimum absolute atomic E-state index is 0.0118. The largest absolute Gasteiger partial charge is 0.309 e. The molecule has 1 fully saturated rings. The number of Topliss-reactive ketones (excluding diaryl/α,β-unsaturated/α-hetero) is 2. The zero-order valence-corrected chi connectivity index (χ0v) is 19.6. The van der Waals surface area contributed by atoms with E-state index in [2.05, 4.69) is 10.4 Å². The van der Waals surface area contributed by atoms with E-state index >= 15 is 0 Å². The van der Waals surface area contributed by atoms with Crippen molar-refractivity contribution in [2.75, 3.05) is 9.91 Å². The van der Waals surface area contributed by atoms with Crippen LogP contribution in [0, 0.1) is 0 Å². The van der Waals surface area contributed by atoms with E-state index in [9.17, 15) is 28.8 Å². The Morgan fingerprint density at radius 3 is 2.24 bits per heavy atom. The summed E-state index contributed by atoms with van der Waals surface area (Å²) in [5.41, 5.74) is 2.73. The molecule has 3 rings (SSSR count). The second-order valence-electron chi connectivity index (χ2n) is 6.52. The fraction of sp³-hybridized carbons (Fsp3) is 0.0500. The lowest BCUT2D eigenvalue weighted by atomic mass is 10.2. The van der Waals surface area contributed by atoms with Gasteiger partial charge in [0, 0.05) is 5.02 Å². The summed E-state index contributed by atoms with van der Waals surface area (Å²) in [6.45, 7) is 0.